The first-order chi connectivity index (χ1) is 10.7. The minimum Gasteiger partial charge on any atom is -0.398 e. The lowest BCUT2D eigenvalue weighted by Crippen LogP contribution is -2.35. The summed E-state index contributed by atoms with van der Waals surface area (Å²) in [6.07, 6.45) is -2.52. The Morgan fingerprint density at radius 1 is 0.957 bits per heavy atom. The Labute approximate surface area is 134 Å². The van der Waals surface area contributed by atoms with E-state index in [1.165, 1.54) is 11.6 Å². The number of hydrogen-bond donors (Lipinski definition) is 2. The summed E-state index contributed by atoms with van der Waals surface area (Å²) in [5, 5.41) is 0. The number of halogens is 3. The van der Waals surface area contributed by atoms with E-state index in [-0.39, 0.29) is 11.3 Å². The molecule has 0 heterocycles. The lowest BCUT2D eigenvalue weighted by atomic mass is 9.83. The molecule has 1 unspecified atom stereocenters. The van der Waals surface area contributed by atoms with Gasteiger partial charge in [0.1, 0.15) is 0 Å². The van der Waals surface area contributed by atoms with Gasteiger partial charge in [-0.3, -0.25) is 0 Å². The first-order valence-corrected chi connectivity index (χ1v) is 7.52. The number of nitrogens with two attached hydrogens (primary N) is 2. The standard InChI is InChI=1S/C18H21F3N2/c1-3-5-12-8-10-13(11-9-12)17(2,23)14-6-4-7-15(16(14)22)18(19,20)21/h4,6-11H,3,5,22-23H2,1-2H3. The van der Waals surface area contributed by atoms with Crippen LogP contribution in [-0.2, 0) is 18.1 Å². The number of rotatable bonds is 4. The van der Waals surface area contributed by atoms with Gasteiger partial charge in [-0.1, -0.05) is 49.7 Å². The summed E-state index contributed by atoms with van der Waals surface area (Å²) >= 11 is 0. The Kier molecular flexibility index (Phi) is 4.71. The van der Waals surface area contributed by atoms with Crippen LogP contribution in [-0.4, -0.2) is 0 Å². The maximum atomic E-state index is 13.0. The highest BCUT2D eigenvalue weighted by atomic mass is 19.4. The van der Waals surface area contributed by atoms with Crippen LogP contribution >= 0.6 is 0 Å². The molecule has 23 heavy (non-hydrogen) atoms. The number of benzene rings is 2. The van der Waals surface area contributed by atoms with E-state index < -0.39 is 17.3 Å². The topological polar surface area (TPSA) is 52.0 Å². The highest BCUT2D eigenvalue weighted by Gasteiger charge is 2.36. The molecule has 0 aromatic heterocycles. The van der Waals surface area contributed by atoms with Crippen LogP contribution < -0.4 is 11.5 Å². The lowest BCUT2D eigenvalue weighted by Gasteiger charge is -2.29. The molecule has 0 fully saturated rings. The van der Waals surface area contributed by atoms with Gasteiger partial charge in [0.15, 0.2) is 0 Å². The summed E-state index contributed by atoms with van der Waals surface area (Å²) in [6, 6.07) is 11.5. The highest BCUT2D eigenvalue weighted by molar-refractivity contribution is 5.60. The van der Waals surface area contributed by atoms with E-state index in [1.54, 1.807) is 13.0 Å². The minimum atomic E-state index is -4.50. The van der Waals surface area contributed by atoms with Crippen LogP contribution in [0.4, 0.5) is 18.9 Å². The van der Waals surface area contributed by atoms with Gasteiger partial charge < -0.3 is 11.5 Å². The van der Waals surface area contributed by atoms with Crippen molar-refractivity contribution < 1.29 is 13.2 Å². The van der Waals surface area contributed by atoms with Crippen molar-refractivity contribution in [2.24, 2.45) is 5.73 Å². The van der Waals surface area contributed by atoms with Crippen LogP contribution in [0.15, 0.2) is 42.5 Å². The molecule has 0 aliphatic carbocycles. The van der Waals surface area contributed by atoms with E-state index in [2.05, 4.69) is 6.92 Å². The zero-order valence-electron chi connectivity index (χ0n) is 13.2. The predicted molar refractivity (Wildman–Crippen MR) is 86.9 cm³/mol. The average Bonchev–Trinajstić information content (AvgIpc) is 2.47. The third-order valence-electron chi connectivity index (χ3n) is 4.06. The van der Waals surface area contributed by atoms with Crippen LogP contribution in [0.25, 0.3) is 0 Å². The van der Waals surface area contributed by atoms with E-state index in [0.717, 1.165) is 24.5 Å². The van der Waals surface area contributed by atoms with E-state index in [4.69, 9.17) is 11.5 Å². The molecule has 0 aliphatic heterocycles. The molecule has 0 saturated heterocycles. The molecule has 0 bridgehead atoms. The van der Waals surface area contributed by atoms with E-state index >= 15 is 0 Å². The maximum absolute atomic E-state index is 13.0. The van der Waals surface area contributed by atoms with Crippen LogP contribution in [0, 0.1) is 0 Å². The van der Waals surface area contributed by atoms with Gasteiger partial charge in [0.25, 0.3) is 0 Å². The van der Waals surface area contributed by atoms with Gasteiger partial charge in [-0.05, 0) is 36.1 Å². The molecule has 1 atom stereocenters. The number of aryl methyl sites for hydroxylation is 1. The van der Waals surface area contributed by atoms with Gasteiger partial charge in [0, 0.05) is 5.69 Å². The van der Waals surface area contributed by atoms with E-state index in [1.807, 2.05) is 24.3 Å². The van der Waals surface area contributed by atoms with Gasteiger partial charge in [-0.25, -0.2) is 0 Å². The van der Waals surface area contributed by atoms with E-state index in [0.29, 0.717) is 0 Å². The van der Waals surface area contributed by atoms with E-state index in [9.17, 15) is 13.2 Å². The van der Waals surface area contributed by atoms with Crippen LogP contribution in [0.5, 0.6) is 0 Å². The molecule has 0 saturated carbocycles. The van der Waals surface area contributed by atoms with Crippen molar-refractivity contribution >= 4 is 5.69 Å². The molecule has 124 valence electrons. The second kappa shape index (κ2) is 6.24. The monoisotopic (exact) mass is 322 g/mol. The van der Waals surface area contributed by atoms with Crippen molar-refractivity contribution in [1.82, 2.24) is 0 Å². The summed E-state index contributed by atoms with van der Waals surface area (Å²) in [6.45, 7) is 3.76. The molecule has 2 rings (SSSR count). The molecule has 2 aromatic rings. The first kappa shape index (κ1) is 17.3. The molecule has 2 nitrogen and oxygen atoms in total. The van der Waals surface area contributed by atoms with Gasteiger partial charge in [0.2, 0.25) is 0 Å². The zero-order valence-corrected chi connectivity index (χ0v) is 13.2. The lowest BCUT2D eigenvalue weighted by molar-refractivity contribution is -0.136. The second-order valence-corrected chi connectivity index (χ2v) is 5.91. The molecule has 0 aliphatic rings. The SMILES string of the molecule is CCCc1ccc(C(C)(N)c2cccc(C(F)(F)F)c2N)cc1. The molecule has 5 heteroatoms. The van der Waals surface area contributed by atoms with Crippen molar-refractivity contribution in [3.05, 3.63) is 64.7 Å². The number of hydrogen-bond acceptors (Lipinski definition) is 2. The summed E-state index contributed by atoms with van der Waals surface area (Å²) in [4.78, 5) is 0. The van der Waals surface area contributed by atoms with Gasteiger partial charge >= 0.3 is 6.18 Å². The van der Waals surface area contributed by atoms with Crippen molar-refractivity contribution in [2.45, 2.75) is 38.4 Å². The highest BCUT2D eigenvalue weighted by Crippen LogP contribution is 2.39. The molecule has 0 radical (unpaired) electrons. The average molecular weight is 322 g/mol. The van der Waals surface area contributed by atoms with Crippen LogP contribution in [0.1, 0.15) is 42.5 Å². The van der Waals surface area contributed by atoms with Crippen molar-refractivity contribution in [2.75, 3.05) is 5.73 Å². The number of nitrogen functional groups attached to an aromatic ring is 1. The Balaban J connectivity index is 2.47. The molecule has 4 N–H and O–H groups in total. The summed E-state index contributed by atoms with van der Waals surface area (Å²) in [5.74, 6) is 0. The molecular weight excluding hydrogens is 301 g/mol. The minimum absolute atomic E-state index is 0.274. The summed E-state index contributed by atoms with van der Waals surface area (Å²) in [5.41, 5.74) is 12.0. The third-order valence-corrected chi connectivity index (χ3v) is 4.06. The quantitative estimate of drug-likeness (QED) is 0.816. The smallest absolute Gasteiger partial charge is 0.398 e. The number of anilines is 1. The second-order valence-electron chi connectivity index (χ2n) is 5.91. The fourth-order valence-corrected chi connectivity index (χ4v) is 2.73. The number of alkyl halides is 3. The van der Waals surface area contributed by atoms with Crippen LogP contribution in [0.3, 0.4) is 0 Å². The van der Waals surface area contributed by atoms with Crippen molar-refractivity contribution in [3.63, 3.8) is 0 Å². The van der Waals surface area contributed by atoms with Gasteiger partial charge in [0.05, 0.1) is 11.1 Å². The Morgan fingerprint density at radius 3 is 2.04 bits per heavy atom. The maximum Gasteiger partial charge on any atom is 0.418 e. The van der Waals surface area contributed by atoms with Crippen molar-refractivity contribution in [1.29, 1.82) is 0 Å². The Hall–Kier alpha value is -2.01. The van der Waals surface area contributed by atoms with Gasteiger partial charge in [-0.15, -0.1) is 0 Å². The fourth-order valence-electron chi connectivity index (χ4n) is 2.73. The number of para-hydroxylation sites is 1. The largest absolute Gasteiger partial charge is 0.418 e. The predicted octanol–water partition coefficient (Wildman–Crippen LogP) is 4.46. The van der Waals surface area contributed by atoms with Gasteiger partial charge in [-0.2, -0.15) is 13.2 Å². The molecule has 2 aromatic carbocycles. The fraction of sp³-hybridized carbons (Fsp3) is 0.333. The summed E-state index contributed by atoms with van der Waals surface area (Å²) in [7, 11) is 0. The molecular formula is C18H21F3N2. The first-order valence-electron chi connectivity index (χ1n) is 7.52. The summed E-state index contributed by atoms with van der Waals surface area (Å²) < 4.78 is 39.1. The molecule has 0 spiro atoms. The Morgan fingerprint density at radius 2 is 1.52 bits per heavy atom. The Bertz CT molecular complexity index is 674. The van der Waals surface area contributed by atoms with Crippen LogP contribution in [0.2, 0.25) is 0 Å². The van der Waals surface area contributed by atoms with Crippen molar-refractivity contribution in [3.8, 4) is 0 Å². The molecule has 0 amide bonds. The normalized spacial score (nSPS) is 14.5. The third kappa shape index (κ3) is 3.50. The zero-order chi connectivity index (χ0) is 17.3.